The normalized spacial score (nSPS) is 15.1. The molecule has 1 aliphatic rings. The first-order chi connectivity index (χ1) is 14.5. The van der Waals surface area contributed by atoms with Crippen molar-refractivity contribution in [2.75, 3.05) is 25.1 Å². The van der Waals surface area contributed by atoms with Crippen LogP contribution in [0.2, 0.25) is 0 Å². The molecule has 1 heterocycles. The van der Waals surface area contributed by atoms with Crippen LogP contribution in [0, 0.1) is 5.92 Å². The first-order valence-electron chi connectivity index (χ1n) is 9.92. The van der Waals surface area contributed by atoms with Crippen LogP contribution in [0.5, 0.6) is 5.75 Å². The van der Waals surface area contributed by atoms with Gasteiger partial charge in [0.25, 0.3) is 5.91 Å². The van der Waals surface area contributed by atoms with E-state index in [1.807, 2.05) is 6.07 Å². The average molecular weight is 432 g/mol. The highest BCUT2D eigenvalue weighted by Crippen LogP contribution is 2.40. The Kier molecular flexibility index (Phi) is 7.46. The van der Waals surface area contributed by atoms with Gasteiger partial charge in [-0.15, -0.1) is 11.3 Å². The number of fused-ring (bicyclic) bond motifs is 1. The van der Waals surface area contributed by atoms with Gasteiger partial charge in [0.15, 0.2) is 13.2 Å². The zero-order valence-corrected chi connectivity index (χ0v) is 17.9. The molecule has 0 saturated carbocycles. The second kappa shape index (κ2) is 10.2. The Balaban J connectivity index is 1.59. The van der Waals surface area contributed by atoms with E-state index in [0.717, 1.165) is 29.7 Å². The summed E-state index contributed by atoms with van der Waals surface area (Å²) in [6.45, 7) is 3.41. The third-order valence-corrected chi connectivity index (χ3v) is 5.88. The highest BCUT2D eigenvalue weighted by atomic mass is 32.1. The highest BCUT2D eigenvalue weighted by molar-refractivity contribution is 7.17. The lowest BCUT2D eigenvalue weighted by atomic mass is 9.88. The molecule has 3 rings (SSSR count). The summed E-state index contributed by atoms with van der Waals surface area (Å²) in [4.78, 5) is 37.7. The average Bonchev–Trinajstić information content (AvgIpc) is 3.08. The topological polar surface area (TPSA) is 90.9 Å². The number of ether oxygens (including phenoxy) is 3. The van der Waals surface area contributed by atoms with Crippen LogP contribution in [-0.4, -0.2) is 37.7 Å². The molecule has 1 N–H and O–H groups in total. The van der Waals surface area contributed by atoms with E-state index in [-0.39, 0.29) is 13.2 Å². The van der Waals surface area contributed by atoms with Gasteiger partial charge in [-0.25, -0.2) is 9.59 Å². The number of esters is 2. The molecule has 1 amide bonds. The molecule has 1 atom stereocenters. The maximum atomic E-state index is 12.5. The lowest BCUT2D eigenvalue weighted by molar-refractivity contribution is -0.149. The molecule has 30 heavy (non-hydrogen) atoms. The fraction of sp³-hybridized carbons (Fsp3) is 0.409. The lowest BCUT2D eigenvalue weighted by Crippen LogP contribution is -2.24. The standard InChI is InChI=1S/C22H25NO6S/c1-3-27-22(26)20-16-10-9-14(2)11-17(16)30-21(20)23-18(24)12-29-19(25)13-28-15-7-5-4-6-8-15/h4-8,14H,3,9-13H2,1-2H3,(H,23,24). The molecule has 160 valence electrons. The van der Waals surface area contributed by atoms with E-state index in [4.69, 9.17) is 14.2 Å². The van der Waals surface area contributed by atoms with Gasteiger partial charge in [-0.1, -0.05) is 25.1 Å². The molecule has 0 radical (unpaired) electrons. The van der Waals surface area contributed by atoms with Crippen molar-refractivity contribution in [3.63, 3.8) is 0 Å². The number of para-hydroxylation sites is 1. The van der Waals surface area contributed by atoms with Gasteiger partial charge in [-0.05, 0) is 49.8 Å². The molecule has 8 heteroatoms. The molecule has 7 nitrogen and oxygen atoms in total. The number of benzene rings is 1. The Morgan fingerprint density at radius 3 is 2.63 bits per heavy atom. The third-order valence-electron chi connectivity index (χ3n) is 4.71. The molecule has 0 aliphatic heterocycles. The van der Waals surface area contributed by atoms with Crippen LogP contribution in [0.15, 0.2) is 30.3 Å². The summed E-state index contributed by atoms with van der Waals surface area (Å²) in [5, 5.41) is 3.16. The second-order valence-electron chi connectivity index (χ2n) is 7.09. The number of hydrogen-bond donors (Lipinski definition) is 1. The number of carbonyl (C=O) groups excluding carboxylic acids is 3. The minimum atomic E-state index is -0.654. The number of amides is 1. The van der Waals surface area contributed by atoms with Crippen LogP contribution < -0.4 is 10.1 Å². The highest BCUT2D eigenvalue weighted by Gasteiger charge is 2.29. The van der Waals surface area contributed by atoms with E-state index in [9.17, 15) is 14.4 Å². The van der Waals surface area contributed by atoms with Crippen LogP contribution >= 0.6 is 11.3 Å². The maximum Gasteiger partial charge on any atom is 0.344 e. The monoisotopic (exact) mass is 431 g/mol. The van der Waals surface area contributed by atoms with Gasteiger partial charge in [0, 0.05) is 4.88 Å². The van der Waals surface area contributed by atoms with Crippen LogP contribution in [0.25, 0.3) is 0 Å². The zero-order valence-electron chi connectivity index (χ0n) is 17.1. The number of rotatable bonds is 8. The fourth-order valence-corrected chi connectivity index (χ4v) is 4.68. The van der Waals surface area contributed by atoms with Gasteiger partial charge in [0.2, 0.25) is 0 Å². The number of hydrogen-bond acceptors (Lipinski definition) is 7. The molecule has 1 unspecified atom stereocenters. The molecule has 1 aromatic heterocycles. The number of anilines is 1. The van der Waals surface area contributed by atoms with Gasteiger partial charge in [-0.2, -0.15) is 0 Å². The first kappa shape index (κ1) is 21.8. The van der Waals surface area contributed by atoms with E-state index in [0.29, 0.717) is 22.2 Å². The second-order valence-corrected chi connectivity index (χ2v) is 8.19. The van der Waals surface area contributed by atoms with Gasteiger partial charge >= 0.3 is 11.9 Å². The largest absolute Gasteiger partial charge is 0.482 e. The molecule has 2 aromatic rings. The molecular formula is C22H25NO6S. The summed E-state index contributed by atoms with van der Waals surface area (Å²) in [5.41, 5.74) is 1.39. The van der Waals surface area contributed by atoms with E-state index in [1.165, 1.54) is 11.3 Å². The zero-order chi connectivity index (χ0) is 21.5. The van der Waals surface area contributed by atoms with Crippen LogP contribution in [-0.2, 0) is 31.9 Å². The first-order valence-corrected chi connectivity index (χ1v) is 10.7. The van der Waals surface area contributed by atoms with Crippen molar-refractivity contribution in [3.8, 4) is 5.75 Å². The van der Waals surface area contributed by atoms with Crippen LogP contribution in [0.1, 0.15) is 41.1 Å². The third kappa shape index (κ3) is 5.60. The number of thiophene rings is 1. The van der Waals surface area contributed by atoms with E-state index >= 15 is 0 Å². The summed E-state index contributed by atoms with van der Waals surface area (Å²) < 4.78 is 15.5. The SMILES string of the molecule is CCOC(=O)c1c(NC(=O)COC(=O)COc2ccccc2)sc2c1CCC(C)C2. The molecule has 0 bridgehead atoms. The van der Waals surface area contributed by atoms with Crippen molar-refractivity contribution in [1.29, 1.82) is 0 Å². The van der Waals surface area contributed by atoms with Crippen molar-refractivity contribution in [2.24, 2.45) is 5.92 Å². The summed E-state index contributed by atoms with van der Waals surface area (Å²) in [7, 11) is 0. The van der Waals surface area contributed by atoms with Gasteiger partial charge in [-0.3, -0.25) is 4.79 Å². The Morgan fingerprint density at radius 2 is 1.90 bits per heavy atom. The summed E-state index contributed by atoms with van der Waals surface area (Å²) >= 11 is 1.39. The Hall–Kier alpha value is -2.87. The molecule has 1 aromatic carbocycles. The maximum absolute atomic E-state index is 12.5. The van der Waals surface area contributed by atoms with E-state index < -0.39 is 24.5 Å². The van der Waals surface area contributed by atoms with Gasteiger partial charge in [0.05, 0.1) is 12.2 Å². The Bertz CT molecular complexity index is 908. The molecule has 0 spiro atoms. The van der Waals surface area contributed by atoms with Gasteiger partial charge < -0.3 is 19.5 Å². The molecule has 1 aliphatic carbocycles. The molecular weight excluding hydrogens is 406 g/mol. The van der Waals surface area contributed by atoms with Crippen molar-refractivity contribution in [3.05, 3.63) is 46.3 Å². The predicted octanol–water partition coefficient (Wildman–Crippen LogP) is 3.61. The minimum absolute atomic E-state index is 0.256. The smallest absolute Gasteiger partial charge is 0.344 e. The summed E-state index contributed by atoms with van der Waals surface area (Å²) in [6.07, 6.45) is 2.64. The minimum Gasteiger partial charge on any atom is -0.482 e. The Labute approximate surface area is 179 Å². The van der Waals surface area contributed by atoms with Crippen molar-refractivity contribution in [2.45, 2.75) is 33.1 Å². The summed E-state index contributed by atoms with van der Waals surface area (Å²) in [6, 6.07) is 8.85. The van der Waals surface area contributed by atoms with E-state index in [2.05, 4.69) is 12.2 Å². The molecule has 0 saturated heterocycles. The van der Waals surface area contributed by atoms with Crippen LogP contribution in [0.3, 0.4) is 0 Å². The van der Waals surface area contributed by atoms with Crippen molar-refractivity contribution in [1.82, 2.24) is 0 Å². The molecule has 0 fully saturated rings. The number of carbonyl (C=O) groups is 3. The van der Waals surface area contributed by atoms with Crippen molar-refractivity contribution >= 4 is 34.2 Å². The Morgan fingerprint density at radius 1 is 1.13 bits per heavy atom. The summed E-state index contributed by atoms with van der Waals surface area (Å²) in [5.74, 6) is -0.538. The predicted molar refractivity (Wildman–Crippen MR) is 113 cm³/mol. The fourth-order valence-electron chi connectivity index (χ4n) is 3.27. The van der Waals surface area contributed by atoms with E-state index in [1.54, 1.807) is 31.2 Å². The van der Waals surface area contributed by atoms with Crippen LogP contribution in [0.4, 0.5) is 5.00 Å². The lowest BCUT2D eigenvalue weighted by Gasteiger charge is -2.18. The van der Waals surface area contributed by atoms with Crippen molar-refractivity contribution < 1.29 is 28.6 Å². The van der Waals surface area contributed by atoms with Gasteiger partial charge in [0.1, 0.15) is 10.8 Å². The quantitative estimate of drug-likeness (QED) is 0.642. The number of nitrogens with one attached hydrogen (secondary N) is 1.